The second-order valence-electron chi connectivity index (χ2n) is 16.7. The number of piperazine rings is 1. The Morgan fingerprint density at radius 3 is 2.64 bits per heavy atom. The van der Waals surface area contributed by atoms with Crippen LogP contribution in [0.1, 0.15) is 67.4 Å². The molecule has 1 unspecified atom stereocenters. The molecule has 2 aromatic rings. The molecular formula is C41H55ClN4O8S2. The number of amides is 1. The lowest BCUT2D eigenvalue weighted by Gasteiger charge is -2.48. The van der Waals surface area contributed by atoms with E-state index in [9.17, 15) is 26.4 Å². The fraction of sp³-hybridized carbons (Fsp3) is 0.610. The molecule has 2 aromatic carbocycles. The molecule has 2 bridgehead atoms. The number of anilines is 1. The van der Waals surface area contributed by atoms with Crippen LogP contribution in [0.25, 0.3) is 0 Å². The van der Waals surface area contributed by atoms with E-state index in [0.29, 0.717) is 48.4 Å². The van der Waals surface area contributed by atoms with E-state index in [1.165, 1.54) is 11.1 Å². The van der Waals surface area contributed by atoms with E-state index in [1.807, 2.05) is 25.1 Å². The highest BCUT2D eigenvalue weighted by atomic mass is 35.5. The molecule has 6 aliphatic rings. The summed E-state index contributed by atoms with van der Waals surface area (Å²) >= 11 is 6.40. The monoisotopic (exact) mass is 830 g/mol. The summed E-state index contributed by atoms with van der Waals surface area (Å²) < 4.78 is 63.8. The Morgan fingerprint density at radius 1 is 1.07 bits per heavy atom. The number of sulfone groups is 1. The van der Waals surface area contributed by atoms with Crippen LogP contribution in [0.5, 0.6) is 5.75 Å². The van der Waals surface area contributed by atoms with Gasteiger partial charge in [0.15, 0.2) is 16.1 Å². The molecule has 2 saturated heterocycles. The minimum absolute atomic E-state index is 0.0434. The van der Waals surface area contributed by atoms with Gasteiger partial charge in [-0.05, 0) is 105 Å². The van der Waals surface area contributed by atoms with Gasteiger partial charge in [-0.25, -0.2) is 21.6 Å². The zero-order valence-corrected chi connectivity index (χ0v) is 34.9. The van der Waals surface area contributed by atoms with E-state index in [4.69, 9.17) is 21.1 Å². The summed E-state index contributed by atoms with van der Waals surface area (Å²) in [7, 11) is -5.14. The average molecular weight is 831 g/mol. The third-order valence-electron chi connectivity index (χ3n) is 13.3. The Labute approximate surface area is 336 Å². The number of benzene rings is 2. The smallest absolute Gasteiger partial charge is 0.264 e. The highest BCUT2D eigenvalue weighted by Gasteiger charge is 2.49. The fourth-order valence-electron chi connectivity index (χ4n) is 9.58. The minimum Gasteiger partial charge on any atom is -0.490 e. The summed E-state index contributed by atoms with van der Waals surface area (Å²) in [6.07, 6.45) is 9.65. The van der Waals surface area contributed by atoms with Gasteiger partial charge in [0.1, 0.15) is 11.4 Å². The third kappa shape index (κ3) is 8.29. The maximum atomic E-state index is 13.4. The lowest BCUT2D eigenvalue weighted by Crippen LogP contribution is -2.58. The van der Waals surface area contributed by atoms with Crippen LogP contribution < -0.4 is 19.7 Å². The molecule has 0 aromatic heterocycles. The van der Waals surface area contributed by atoms with Crippen LogP contribution in [-0.4, -0.2) is 115 Å². The Kier molecular flexibility index (Phi) is 12.0. The molecule has 56 heavy (non-hydrogen) atoms. The van der Waals surface area contributed by atoms with Gasteiger partial charge in [-0.2, -0.15) is 0 Å². The molecule has 12 nitrogen and oxygen atoms in total. The Bertz CT molecular complexity index is 2060. The van der Waals surface area contributed by atoms with Crippen molar-refractivity contribution in [3.63, 3.8) is 0 Å². The van der Waals surface area contributed by atoms with Gasteiger partial charge >= 0.3 is 0 Å². The number of nitrogens with zero attached hydrogens (tertiary/aromatic N) is 2. The summed E-state index contributed by atoms with van der Waals surface area (Å²) in [5.41, 5.74) is 2.05. The second kappa shape index (κ2) is 16.3. The van der Waals surface area contributed by atoms with Gasteiger partial charge in [-0.3, -0.25) is 14.5 Å². The summed E-state index contributed by atoms with van der Waals surface area (Å²) in [5, 5.41) is 3.09. The predicted octanol–water partition coefficient (Wildman–Crippen LogP) is 4.16. The van der Waals surface area contributed by atoms with Crippen LogP contribution in [-0.2, 0) is 41.2 Å². The molecule has 2 aliphatic carbocycles. The number of aldehydes is 1. The fourth-order valence-corrected chi connectivity index (χ4v) is 12.7. The molecule has 1 spiro atoms. The lowest BCUT2D eigenvalue weighted by atomic mass is 9.64. The van der Waals surface area contributed by atoms with Crippen LogP contribution in [0.15, 0.2) is 48.6 Å². The van der Waals surface area contributed by atoms with Gasteiger partial charge in [0, 0.05) is 74.3 Å². The largest absolute Gasteiger partial charge is 0.490 e. The zero-order chi connectivity index (χ0) is 39.9. The maximum Gasteiger partial charge on any atom is 0.264 e. The van der Waals surface area contributed by atoms with Crippen molar-refractivity contribution in [1.29, 1.82) is 0 Å². The van der Waals surface area contributed by atoms with Crippen molar-refractivity contribution >= 4 is 49.3 Å². The number of ether oxygens (including phenoxy) is 2. The highest BCUT2D eigenvalue weighted by molar-refractivity contribution is 7.91. The van der Waals surface area contributed by atoms with Gasteiger partial charge in [0.2, 0.25) is 10.0 Å². The van der Waals surface area contributed by atoms with Crippen molar-refractivity contribution in [3.05, 3.63) is 70.3 Å². The summed E-state index contributed by atoms with van der Waals surface area (Å²) in [5.74, 6) is 0.495. The van der Waals surface area contributed by atoms with Crippen LogP contribution in [0.2, 0.25) is 5.02 Å². The summed E-state index contributed by atoms with van der Waals surface area (Å²) in [4.78, 5) is 30.7. The van der Waals surface area contributed by atoms with Gasteiger partial charge in [-0.1, -0.05) is 30.7 Å². The number of rotatable bonds is 2. The first-order valence-electron chi connectivity index (χ1n) is 19.9. The third-order valence-corrected chi connectivity index (χ3v) is 17.2. The first kappa shape index (κ1) is 41.2. The van der Waals surface area contributed by atoms with Crippen molar-refractivity contribution in [3.8, 4) is 5.75 Å². The molecule has 1 amide bonds. The van der Waals surface area contributed by atoms with Crippen molar-refractivity contribution in [2.45, 2.75) is 74.7 Å². The number of sulfonamides is 1. The number of methoxy groups -OCH3 is 1. The van der Waals surface area contributed by atoms with Gasteiger partial charge in [0.25, 0.3) is 5.91 Å². The quantitative estimate of drug-likeness (QED) is 0.332. The standard InChI is InChI=1S/C34H41ClN2O6S.C7H14N2O2S/c1-22-6-4-15-34(20-38,42-3)29-11-8-26(29)18-37-19-33(14-5-7-24-16-27(35)10-12-28(24)33)21-43-31-13-9-25(17-30(31)37)32(39)36-44(40,41)23(22)2;10-12(11)4-3-9-2-1-8-5-7(9)6-12/h4,9-10,12-13,15-17,20,22-23,26,29H,5-8,11,14,18-19,21H2,1-3H3,(H,36,39);7-8H,1-6H2/b15-4+;/t22-,23+,26-,29+,33-,34-;/m0./s1. The molecular weight excluding hydrogens is 776 g/mol. The summed E-state index contributed by atoms with van der Waals surface area (Å²) in [6.45, 7) is 8.73. The van der Waals surface area contributed by atoms with Crippen molar-refractivity contribution < 1.29 is 35.9 Å². The van der Waals surface area contributed by atoms with E-state index in [1.54, 1.807) is 32.2 Å². The number of halogens is 1. The Balaban J connectivity index is 0.000000339. The maximum absolute atomic E-state index is 13.4. The van der Waals surface area contributed by atoms with E-state index < -0.39 is 36.6 Å². The molecule has 0 radical (unpaired) electrons. The van der Waals surface area contributed by atoms with Crippen LogP contribution in [0.3, 0.4) is 0 Å². The molecule has 7 atom stereocenters. The molecule has 3 fully saturated rings. The first-order chi connectivity index (χ1) is 26.7. The normalized spacial score (nSPS) is 34.3. The SMILES string of the molecule is CO[C@]1(C=O)/C=C/C[C@H](C)[C@@H](C)S(=O)(=O)NC(=O)c2ccc3c(c2)N(C[C@@H]2CC[C@H]21)C[C@@]1(CCCc2cc(Cl)ccc21)CO3.O=S1(=O)CCN2CCNCC2C1. The Hall–Kier alpha value is -3.01. The Morgan fingerprint density at radius 2 is 1.89 bits per heavy atom. The van der Waals surface area contributed by atoms with Crippen molar-refractivity contribution in [2.24, 2.45) is 17.8 Å². The van der Waals surface area contributed by atoms with Gasteiger partial charge in [-0.15, -0.1) is 0 Å². The second-order valence-corrected chi connectivity index (χ2v) is 21.4. The molecule has 1 saturated carbocycles. The van der Waals surface area contributed by atoms with Crippen molar-refractivity contribution in [1.82, 2.24) is 14.9 Å². The van der Waals surface area contributed by atoms with E-state index >= 15 is 0 Å². The predicted molar refractivity (Wildman–Crippen MR) is 218 cm³/mol. The average Bonchev–Trinajstić information content (AvgIpc) is 3.31. The van der Waals surface area contributed by atoms with Gasteiger partial charge < -0.3 is 19.7 Å². The molecule has 306 valence electrons. The highest BCUT2D eigenvalue weighted by Crippen LogP contribution is 2.48. The topological polar surface area (TPSA) is 151 Å². The van der Waals surface area contributed by atoms with Crippen LogP contribution >= 0.6 is 11.6 Å². The number of nitrogens with one attached hydrogen (secondary N) is 2. The van der Waals surface area contributed by atoms with E-state index in [2.05, 4.69) is 32.0 Å². The van der Waals surface area contributed by atoms with Crippen LogP contribution in [0, 0.1) is 17.8 Å². The van der Waals surface area contributed by atoms with E-state index in [0.717, 1.165) is 70.3 Å². The number of fused-ring (bicyclic) bond motifs is 5. The molecule has 4 heterocycles. The summed E-state index contributed by atoms with van der Waals surface area (Å²) in [6, 6.07) is 11.5. The zero-order valence-electron chi connectivity index (χ0n) is 32.5. The number of hydrogen-bond donors (Lipinski definition) is 2. The van der Waals surface area contributed by atoms with E-state index in [-0.39, 0.29) is 34.8 Å². The molecule has 2 N–H and O–H groups in total. The first-order valence-corrected chi connectivity index (χ1v) is 23.6. The molecule has 4 aliphatic heterocycles. The number of carbonyl (C=O) groups is 2. The number of carbonyl (C=O) groups excluding carboxylic acids is 2. The number of allylic oxidation sites excluding steroid dienone is 1. The van der Waals surface area contributed by atoms with Gasteiger partial charge in [0.05, 0.1) is 29.0 Å². The number of hydrogen-bond acceptors (Lipinski definition) is 11. The minimum atomic E-state index is -3.97. The molecule has 8 rings (SSSR count). The lowest BCUT2D eigenvalue weighted by molar-refractivity contribution is -0.135. The number of aryl methyl sites for hydroxylation is 1. The van der Waals surface area contributed by atoms with Crippen molar-refractivity contribution in [2.75, 3.05) is 69.4 Å². The molecule has 15 heteroatoms. The van der Waals surface area contributed by atoms with Crippen LogP contribution in [0.4, 0.5) is 5.69 Å².